The van der Waals surface area contributed by atoms with E-state index in [-0.39, 0.29) is 0 Å². The highest BCUT2D eigenvalue weighted by molar-refractivity contribution is 4.80. The number of rotatable bonds is 3. The summed E-state index contributed by atoms with van der Waals surface area (Å²) < 4.78 is 0. The summed E-state index contributed by atoms with van der Waals surface area (Å²) >= 11 is 0. The zero-order valence-electron chi connectivity index (χ0n) is 9.58. The number of nitrogens with zero attached hydrogens (tertiary/aromatic N) is 2. The molecule has 0 aromatic heterocycles. The number of hydrogen-bond donors (Lipinski definition) is 0. The number of likely N-dealkylation sites (tertiary alicyclic amines) is 1. The van der Waals surface area contributed by atoms with Gasteiger partial charge in [0, 0.05) is 18.6 Å². The van der Waals surface area contributed by atoms with Gasteiger partial charge in [0.05, 0.1) is 0 Å². The molecule has 1 rings (SSSR count). The second-order valence-electron chi connectivity index (χ2n) is 4.74. The zero-order chi connectivity index (χ0) is 9.84. The molecule has 0 amide bonds. The summed E-state index contributed by atoms with van der Waals surface area (Å²) in [7, 11) is 4.35. The lowest BCUT2D eigenvalue weighted by Gasteiger charge is -2.39. The molecule has 0 aromatic carbocycles. The van der Waals surface area contributed by atoms with Gasteiger partial charge in [-0.05, 0) is 47.3 Å². The Balaban J connectivity index is 2.46. The van der Waals surface area contributed by atoms with Crippen molar-refractivity contribution >= 4 is 0 Å². The Labute approximate surface area is 82.9 Å². The Morgan fingerprint density at radius 1 is 1.31 bits per heavy atom. The number of hydrogen-bond acceptors (Lipinski definition) is 2. The van der Waals surface area contributed by atoms with E-state index in [0.717, 1.165) is 6.04 Å². The van der Waals surface area contributed by atoms with Gasteiger partial charge in [0.1, 0.15) is 0 Å². The molecule has 1 fully saturated rings. The maximum atomic E-state index is 2.66. The maximum Gasteiger partial charge on any atom is 0.0225 e. The first kappa shape index (κ1) is 11.0. The Morgan fingerprint density at radius 2 is 2.00 bits per heavy atom. The summed E-state index contributed by atoms with van der Waals surface area (Å²) in [5.41, 5.74) is 0. The van der Waals surface area contributed by atoms with E-state index >= 15 is 0 Å². The molecule has 2 nitrogen and oxygen atoms in total. The van der Waals surface area contributed by atoms with Crippen molar-refractivity contribution in [1.82, 2.24) is 9.80 Å². The number of likely N-dealkylation sites (N-methyl/N-ethyl adjacent to an activating group) is 1. The predicted octanol–water partition coefficient (Wildman–Crippen LogP) is 1.81. The van der Waals surface area contributed by atoms with Gasteiger partial charge in [0.15, 0.2) is 0 Å². The minimum Gasteiger partial charge on any atom is -0.308 e. The minimum atomic E-state index is 0.713. The molecule has 1 atom stereocenters. The van der Waals surface area contributed by atoms with Crippen LogP contribution in [0.2, 0.25) is 0 Å². The van der Waals surface area contributed by atoms with Crippen molar-refractivity contribution in [2.75, 3.05) is 27.2 Å². The van der Waals surface area contributed by atoms with Crippen molar-refractivity contribution in [1.29, 1.82) is 0 Å². The number of piperidine rings is 1. The fourth-order valence-corrected chi connectivity index (χ4v) is 2.32. The highest BCUT2D eigenvalue weighted by Crippen LogP contribution is 2.19. The van der Waals surface area contributed by atoms with Crippen molar-refractivity contribution in [2.24, 2.45) is 0 Å². The summed E-state index contributed by atoms with van der Waals surface area (Å²) in [5.74, 6) is 0. The lowest BCUT2D eigenvalue weighted by atomic mass is 10.00. The van der Waals surface area contributed by atoms with Gasteiger partial charge in [-0.2, -0.15) is 0 Å². The second-order valence-corrected chi connectivity index (χ2v) is 4.74. The Kier molecular flexibility index (Phi) is 4.20. The third-order valence-electron chi connectivity index (χ3n) is 2.91. The molecule has 0 aromatic rings. The molecule has 0 aliphatic carbocycles. The predicted molar refractivity (Wildman–Crippen MR) is 58.0 cm³/mol. The summed E-state index contributed by atoms with van der Waals surface area (Å²) in [6, 6.07) is 1.51. The third-order valence-corrected chi connectivity index (χ3v) is 2.91. The van der Waals surface area contributed by atoms with Crippen LogP contribution in [-0.4, -0.2) is 49.1 Å². The summed E-state index contributed by atoms with van der Waals surface area (Å²) in [6.07, 6.45) is 4.19. The van der Waals surface area contributed by atoms with Crippen molar-refractivity contribution in [3.63, 3.8) is 0 Å². The fraction of sp³-hybridized carbons (Fsp3) is 1.00. The average molecular weight is 184 g/mol. The van der Waals surface area contributed by atoms with Gasteiger partial charge < -0.3 is 4.90 Å². The quantitative estimate of drug-likeness (QED) is 0.660. The minimum absolute atomic E-state index is 0.713. The molecule has 1 heterocycles. The topological polar surface area (TPSA) is 6.48 Å². The van der Waals surface area contributed by atoms with Crippen LogP contribution in [0.25, 0.3) is 0 Å². The molecule has 1 saturated heterocycles. The molecular weight excluding hydrogens is 160 g/mol. The van der Waals surface area contributed by atoms with E-state index in [0.29, 0.717) is 6.04 Å². The second kappa shape index (κ2) is 4.97. The van der Waals surface area contributed by atoms with E-state index in [2.05, 4.69) is 37.7 Å². The maximum absolute atomic E-state index is 2.66. The molecule has 1 aliphatic rings. The van der Waals surface area contributed by atoms with Crippen LogP contribution in [0.1, 0.15) is 33.1 Å². The Morgan fingerprint density at radius 3 is 2.54 bits per heavy atom. The lowest BCUT2D eigenvalue weighted by Crippen LogP contribution is -2.48. The van der Waals surface area contributed by atoms with Gasteiger partial charge in [0.2, 0.25) is 0 Å². The molecule has 13 heavy (non-hydrogen) atoms. The van der Waals surface area contributed by atoms with Crippen molar-refractivity contribution in [3.05, 3.63) is 0 Å². The fourth-order valence-electron chi connectivity index (χ4n) is 2.32. The van der Waals surface area contributed by atoms with Crippen molar-refractivity contribution in [2.45, 2.75) is 45.2 Å². The summed E-state index contributed by atoms with van der Waals surface area (Å²) in [4.78, 5) is 4.97. The molecule has 0 N–H and O–H groups in total. The SMILES string of the molecule is CC(C)N1CCCC[C@@H]1CN(C)C. The van der Waals surface area contributed by atoms with Crippen LogP contribution in [0.5, 0.6) is 0 Å². The first-order valence-electron chi connectivity index (χ1n) is 5.51. The van der Waals surface area contributed by atoms with Crippen LogP contribution in [0.4, 0.5) is 0 Å². The standard InChI is InChI=1S/C11H24N2/c1-10(2)13-8-6-5-7-11(13)9-12(3)4/h10-11H,5-9H2,1-4H3/t11-/m1/s1. The first-order chi connectivity index (χ1) is 6.11. The highest BCUT2D eigenvalue weighted by atomic mass is 15.2. The molecule has 0 radical (unpaired) electrons. The molecule has 0 unspecified atom stereocenters. The molecule has 0 bridgehead atoms. The molecule has 78 valence electrons. The van der Waals surface area contributed by atoms with Gasteiger partial charge in [-0.3, -0.25) is 4.90 Å². The van der Waals surface area contributed by atoms with Crippen LogP contribution >= 0.6 is 0 Å². The van der Waals surface area contributed by atoms with Gasteiger partial charge in [-0.15, -0.1) is 0 Å². The molecule has 2 heteroatoms. The van der Waals surface area contributed by atoms with Crippen LogP contribution in [0.3, 0.4) is 0 Å². The van der Waals surface area contributed by atoms with E-state index in [1.54, 1.807) is 0 Å². The molecule has 1 aliphatic heterocycles. The first-order valence-corrected chi connectivity index (χ1v) is 5.51. The monoisotopic (exact) mass is 184 g/mol. The van der Waals surface area contributed by atoms with Crippen molar-refractivity contribution < 1.29 is 0 Å². The third kappa shape index (κ3) is 3.28. The average Bonchev–Trinajstić information content (AvgIpc) is 2.03. The summed E-state index contributed by atoms with van der Waals surface area (Å²) in [6.45, 7) is 7.15. The van der Waals surface area contributed by atoms with Crippen molar-refractivity contribution in [3.8, 4) is 0 Å². The van der Waals surface area contributed by atoms with E-state index in [1.165, 1.54) is 32.4 Å². The van der Waals surface area contributed by atoms with Crippen LogP contribution in [0.15, 0.2) is 0 Å². The van der Waals surface area contributed by atoms with E-state index in [9.17, 15) is 0 Å². The van der Waals surface area contributed by atoms with Crippen LogP contribution in [0, 0.1) is 0 Å². The highest BCUT2D eigenvalue weighted by Gasteiger charge is 2.24. The van der Waals surface area contributed by atoms with E-state index < -0.39 is 0 Å². The zero-order valence-corrected chi connectivity index (χ0v) is 9.58. The molecule has 0 saturated carbocycles. The summed E-state index contributed by atoms with van der Waals surface area (Å²) in [5, 5.41) is 0. The van der Waals surface area contributed by atoms with E-state index in [4.69, 9.17) is 0 Å². The normalized spacial score (nSPS) is 25.8. The Hall–Kier alpha value is -0.0800. The van der Waals surface area contributed by atoms with Gasteiger partial charge in [-0.25, -0.2) is 0 Å². The van der Waals surface area contributed by atoms with Gasteiger partial charge >= 0.3 is 0 Å². The smallest absolute Gasteiger partial charge is 0.0225 e. The molecule has 0 spiro atoms. The van der Waals surface area contributed by atoms with Gasteiger partial charge in [-0.1, -0.05) is 6.42 Å². The van der Waals surface area contributed by atoms with Crippen LogP contribution < -0.4 is 0 Å². The Bertz CT molecular complexity index is 143. The van der Waals surface area contributed by atoms with E-state index in [1.807, 2.05) is 0 Å². The van der Waals surface area contributed by atoms with Crippen LogP contribution in [-0.2, 0) is 0 Å². The van der Waals surface area contributed by atoms with Gasteiger partial charge in [0.25, 0.3) is 0 Å². The lowest BCUT2D eigenvalue weighted by molar-refractivity contribution is 0.0910. The molecular formula is C11H24N2. The largest absolute Gasteiger partial charge is 0.308 e.